The van der Waals surface area contributed by atoms with Crippen LogP contribution in [0.1, 0.15) is 40.5 Å². The Balaban J connectivity index is 2.50. The van der Waals surface area contributed by atoms with Crippen LogP contribution in [0.2, 0.25) is 0 Å². The summed E-state index contributed by atoms with van der Waals surface area (Å²) in [4.78, 5) is 13.9. The van der Waals surface area contributed by atoms with Crippen molar-refractivity contribution < 1.29 is 4.79 Å². The van der Waals surface area contributed by atoms with Crippen LogP contribution in [-0.4, -0.2) is 42.5 Å². The molecule has 4 nitrogen and oxygen atoms in total. The fourth-order valence-electron chi connectivity index (χ4n) is 2.27. The summed E-state index contributed by atoms with van der Waals surface area (Å²) in [7, 11) is 0. The first-order chi connectivity index (χ1) is 8.38. The number of nitrogens with one attached hydrogen (secondary N) is 1. The number of carbonyl (C=O) groups excluding carboxylic acids is 1. The number of amides is 1. The van der Waals surface area contributed by atoms with E-state index in [-0.39, 0.29) is 11.9 Å². The highest BCUT2D eigenvalue weighted by molar-refractivity contribution is 5.80. The monoisotopic (exact) mass is 255 g/mol. The third-order valence-electron chi connectivity index (χ3n) is 3.05. The summed E-state index contributed by atoms with van der Waals surface area (Å²) in [6.07, 6.45) is 2.36. The summed E-state index contributed by atoms with van der Waals surface area (Å²) < 4.78 is 0. The van der Waals surface area contributed by atoms with Gasteiger partial charge in [-0.1, -0.05) is 27.7 Å². The first kappa shape index (κ1) is 15.4. The van der Waals surface area contributed by atoms with Gasteiger partial charge < -0.3 is 16.0 Å². The van der Waals surface area contributed by atoms with Crippen LogP contribution in [0.15, 0.2) is 0 Å². The molecule has 1 amide bonds. The zero-order chi connectivity index (χ0) is 13.7. The molecule has 4 heteroatoms. The van der Waals surface area contributed by atoms with Crippen molar-refractivity contribution >= 4 is 5.91 Å². The molecular formula is C14H29N3O. The van der Waals surface area contributed by atoms with E-state index in [0.29, 0.717) is 17.9 Å². The molecule has 0 aromatic rings. The van der Waals surface area contributed by atoms with Gasteiger partial charge in [-0.15, -0.1) is 0 Å². The summed E-state index contributed by atoms with van der Waals surface area (Å²) in [6, 6.07) is 0.317. The van der Waals surface area contributed by atoms with E-state index in [1.165, 1.54) is 12.8 Å². The molecule has 0 heterocycles. The van der Waals surface area contributed by atoms with Crippen molar-refractivity contribution in [2.45, 2.75) is 52.6 Å². The summed E-state index contributed by atoms with van der Waals surface area (Å²) in [5.41, 5.74) is 5.49. The molecule has 1 aliphatic rings. The minimum atomic E-state index is -0.223. The number of nitrogens with two attached hydrogens (primary N) is 1. The van der Waals surface area contributed by atoms with Crippen molar-refractivity contribution in [3.05, 3.63) is 0 Å². The molecule has 1 aliphatic carbocycles. The predicted molar refractivity (Wildman–Crippen MR) is 75.3 cm³/mol. The average molecular weight is 255 g/mol. The fourth-order valence-corrected chi connectivity index (χ4v) is 2.27. The van der Waals surface area contributed by atoms with Crippen LogP contribution in [0.5, 0.6) is 0 Å². The topological polar surface area (TPSA) is 58.4 Å². The van der Waals surface area contributed by atoms with Gasteiger partial charge in [0.2, 0.25) is 5.91 Å². The number of primary amides is 1. The Kier molecular flexibility index (Phi) is 6.09. The maximum absolute atomic E-state index is 11.5. The molecule has 1 saturated carbocycles. The molecule has 0 aliphatic heterocycles. The first-order valence-corrected chi connectivity index (χ1v) is 7.16. The quantitative estimate of drug-likeness (QED) is 0.651. The van der Waals surface area contributed by atoms with Crippen molar-refractivity contribution in [2.75, 3.05) is 19.6 Å². The Hall–Kier alpha value is -0.610. The maximum atomic E-state index is 11.5. The van der Waals surface area contributed by atoms with Gasteiger partial charge in [-0.3, -0.25) is 4.79 Å². The molecule has 1 rings (SSSR count). The first-order valence-electron chi connectivity index (χ1n) is 7.16. The molecule has 106 valence electrons. The molecule has 3 N–H and O–H groups in total. The number of carbonyl (C=O) groups is 1. The third-order valence-corrected chi connectivity index (χ3v) is 3.05. The second kappa shape index (κ2) is 7.10. The molecule has 18 heavy (non-hydrogen) atoms. The molecule has 0 spiro atoms. The Morgan fingerprint density at radius 3 is 2.00 bits per heavy atom. The molecule has 0 bridgehead atoms. The lowest BCUT2D eigenvalue weighted by Crippen LogP contribution is -2.51. The molecule has 1 unspecified atom stereocenters. The van der Waals surface area contributed by atoms with Gasteiger partial charge in [0.05, 0.1) is 6.04 Å². The van der Waals surface area contributed by atoms with Gasteiger partial charge in [-0.25, -0.2) is 0 Å². The average Bonchev–Trinajstić information content (AvgIpc) is 2.98. The summed E-state index contributed by atoms with van der Waals surface area (Å²) in [5, 5.41) is 3.35. The zero-order valence-electron chi connectivity index (χ0n) is 12.3. The van der Waals surface area contributed by atoms with Crippen LogP contribution in [0.4, 0.5) is 0 Å². The van der Waals surface area contributed by atoms with Crippen molar-refractivity contribution in [3.63, 3.8) is 0 Å². The highest BCUT2D eigenvalue weighted by Crippen LogP contribution is 2.19. The molecule has 0 aromatic heterocycles. The maximum Gasteiger partial charge on any atom is 0.235 e. The van der Waals surface area contributed by atoms with Crippen molar-refractivity contribution in [3.8, 4) is 0 Å². The highest BCUT2D eigenvalue weighted by Gasteiger charge is 2.28. The second-order valence-corrected chi connectivity index (χ2v) is 6.40. The molecule has 1 atom stereocenters. The standard InChI is InChI=1S/C14H29N3O/c1-10(2)7-17(8-11(3)4)9-13(14(15)18)16-12-5-6-12/h10-13,16H,5-9H2,1-4H3,(H2,15,18). The second-order valence-electron chi connectivity index (χ2n) is 6.40. The van der Waals surface area contributed by atoms with E-state index in [1.54, 1.807) is 0 Å². The van der Waals surface area contributed by atoms with Gasteiger partial charge in [0, 0.05) is 25.7 Å². The number of rotatable bonds is 9. The Bertz CT molecular complexity index is 252. The van der Waals surface area contributed by atoms with Gasteiger partial charge in [0.1, 0.15) is 0 Å². The Labute approximate surface area is 111 Å². The van der Waals surface area contributed by atoms with E-state index >= 15 is 0 Å². The van der Waals surface area contributed by atoms with Crippen LogP contribution in [-0.2, 0) is 4.79 Å². The lowest BCUT2D eigenvalue weighted by molar-refractivity contribution is -0.120. The summed E-state index contributed by atoms with van der Waals surface area (Å²) >= 11 is 0. The van der Waals surface area contributed by atoms with Gasteiger partial charge in [0.25, 0.3) is 0 Å². The third kappa shape index (κ3) is 6.36. The zero-order valence-corrected chi connectivity index (χ0v) is 12.3. The molecule has 0 saturated heterocycles. The van der Waals surface area contributed by atoms with Gasteiger partial charge in [-0.2, -0.15) is 0 Å². The van der Waals surface area contributed by atoms with Crippen molar-refractivity contribution in [1.82, 2.24) is 10.2 Å². The molecule has 1 fully saturated rings. The van der Waals surface area contributed by atoms with E-state index in [9.17, 15) is 4.79 Å². The predicted octanol–water partition coefficient (Wildman–Crippen LogP) is 1.21. The normalized spacial score (nSPS) is 17.7. The molecular weight excluding hydrogens is 226 g/mol. The molecule has 0 aromatic carbocycles. The minimum Gasteiger partial charge on any atom is -0.368 e. The summed E-state index contributed by atoms with van der Waals surface area (Å²) in [5.74, 6) is 0.996. The molecule has 0 radical (unpaired) electrons. The van der Waals surface area contributed by atoms with E-state index < -0.39 is 0 Å². The van der Waals surface area contributed by atoms with Crippen LogP contribution < -0.4 is 11.1 Å². The fraction of sp³-hybridized carbons (Fsp3) is 0.929. The Morgan fingerprint density at radius 2 is 1.67 bits per heavy atom. The summed E-state index contributed by atoms with van der Waals surface area (Å²) in [6.45, 7) is 11.6. The van der Waals surface area contributed by atoms with Crippen LogP contribution in [0.25, 0.3) is 0 Å². The van der Waals surface area contributed by atoms with E-state index in [0.717, 1.165) is 19.6 Å². The smallest absolute Gasteiger partial charge is 0.235 e. The van der Waals surface area contributed by atoms with E-state index in [4.69, 9.17) is 5.73 Å². The SMILES string of the molecule is CC(C)CN(CC(C)C)CC(NC1CC1)C(N)=O. The number of nitrogens with zero attached hydrogens (tertiary/aromatic N) is 1. The van der Waals surface area contributed by atoms with E-state index in [1.807, 2.05) is 0 Å². The van der Waals surface area contributed by atoms with E-state index in [2.05, 4.69) is 37.9 Å². The lowest BCUT2D eigenvalue weighted by atomic mass is 10.1. The highest BCUT2D eigenvalue weighted by atomic mass is 16.1. The van der Waals surface area contributed by atoms with Gasteiger partial charge in [-0.05, 0) is 24.7 Å². The van der Waals surface area contributed by atoms with Crippen molar-refractivity contribution in [1.29, 1.82) is 0 Å². The minimum absolute atomic E-state index is 0.199. The van der Waals surface area contributed by atoms with Crippen LogP contribution >= 0.6 is 0 Å². The number of hydrogen-bond donors (Lipinski definition) is 2. The van der Waals surface area contributed by atoms with Crippen LogP contribution in [0.3, 0.4) is 0 Å². The lowest BCUT2D eigenvalue weighted by Gasteiger charge is -2.29. The van der Waals surface area contributed by atoms with Crippen LogP contribution in [0, 0.1) is 11.8 Å². The van der Waals surface area contributed by atoms with Gasteiger partial charge >= 0.3 is 0 Å². The largest absolute Gasteiger partial charge is 0.368 e. The number of hydrogen-bond acceptors (Lipinski definition) is 3. The van der Waals surface area contributed by atoms with Crippen molar-refractivity contribution in [2.24, 2.45) is 17.6 Å². The Morgan fingerprint density at radius 1 is 1.17 bits per heavy atom. The van der Waals surface area contributed by atoms with Gasteiger partial charge in [0.15, 0.2) is 0 Å².